The molecule has 0 atom stereocenters. The molecule has 0 saturated heterocycles. The SMILES string of the molecule is Ic1ccc2c3ccccc3c3ccc(I)nc3c2c1. The second-order valence-electron chi connectivity index (χ2n) is 4.77. The third-order valence-corrected chi connectivity index (χ3v) is 4.88. The zero-order valence-corrected chi connectivity index (χ0v) is 14.7. The number of aromatic nitrogens is 1. The Morgan fingerprint density at radius 3 is 2.10 bits per heavy atom. The molecule has 0 unspecified atom stereocenters. The third kappa shape index (κ3) is 1.90. The minimum absolute atomic E-state index is 1.03. The van der Waals surface area contributed by atoms with E-state index in [4.69, 9.17) is 4.98 Å². The van der Waals surface area contributed by atoms with Crippen molar-refractivity contribution in [3.63, 3.8) is 0 Å². The summed E-state index contributed by atoms with van der Waals surface area (Å²) in [5.74, 6) is 0. The van der Waals surface area contributed by atoms with Crippen molar-refractivity contribution >= 4 is 77.6 Å². The second-order valence-corrected chi connectivity index (χ2v) is 7.12. The molecule has 0 aliphatic carbocycles. The van der Waals surface area contributed by atoms with Gasteiger partial charge in [0.25, 0.3) is 0 Å². The summed E-state index contributed by atoms with van der Waals surface area (Å²) in [5, 5.41) is 6.33. The molecule has 0 aliphatic heterocycles. The van der Waals surface area contributed by atoms with Crippen LogP contribution >= 0.6 is 45.2 Å². The normalized spacial score (nSPS) is 11.5. The highest BCUT2D eigenvalue weighted by Gasteiger charge is 2.09. The van der Waals surface area contributed by atoms with Gasteiger partial charge in [0, 0.05) is 14.3 Å². The highest BCUT2D eigenvalue weighted by molar-refractivity contribution is 14.1. The molecule has 0 fully saturated rings. The molecule has 4 aromatic rings. The van der Waals surface area contributed by atoms with E-state index in [0.29, 0.717) is 0 Å². The Bertz CT molecular complexity index is 896. The molecule has 0 spiro atoms. The smallest absolute Gasteiger partial charge is 0.102 e. The highest BCUT2D eigenvalue weighted by Crippen LogP contribution is 2.34. The van der Waals surface area contributed by atoms with Gasteiger partial charge < -0.3 is 0 Å². The molecule has 20 heavy (non-hydrogen) atoms. The molecule has 0 saturated carbocycles. The maximum atomic E-state index is 4.78. The first kappa shape index (κ1) is 12.8. The molecule has 3 aromatic carbocycles. The van der Waals surface area contributed by atoms with Crippen molar-refractivity contribution in [2.24, 2.45) is 0 Å². The van der Waals surface area contributed by atoms with Crippen molar-refractivity contribution in [3.05, 3.63) is 61.9 Å². The van der Waals surface area contributed by atoms with Gasteiger partial charge in [-0.05, 0) is 85.6 Å². The maximum Gasteiger partial charge on any atom is 0.102 e. The van der Waals surface area contributed by atoms with E-state index in [1.54, 1.807) is 0 Å². The lowest BCUT2D eigenvalue weighted by atomic mass is 9.97. The van der Waals surface area contributed by atoms with E-state index in [2.05, 4.69) is 99.8 Å². The van der Waals surface area contributed by atoms with Gasteiger partial charge >= 0.3 is 0 Å². The largest absolute Gasteiger partial charge is 0.241 e. The van der Waals surface area contributed by atoms with Crippen LogP contribution in [0.15, 0.2) is 54.6 Å². The first-order chi connectivity index (χ1) is 9.74. The first-order valence-corrected chi connectivity index (χ1v) is 8.46. The predicted molar refractivity (Wildman–Crippen MR) is 102 cm³/mol. The van der Waals surface area contributed by atoms with Crippen LogP contribution in [0.1, 0.15) is 0 Å². The van der Waals surface area contributed by atoms with E-state index < -0.39 is 0 Å². The molecule has 0 N–H and O–H groups in total. The molecule has 0 aliphatic rings. The van der Waals surface area contributed by atoms with Crippen LogP contribution in [0.5, 0.6) is 0 Å². The summed E-state index contributed by atoms with van der Waals surface area (Å²) in [7, 11) is 0. The van der Waals surface area contributed by atoms with Gasteiger partial charge in [0.2, 0.25) is 0 Å². The van der Waals surface area contributed by atoms with E-state index in [1.165, 1.54) is 30.5 Å². The van der Waals surface area contributed by atoms with Gasteiger partial charge in [-0.15, -0.1) is 0 Å². The number of hydrogen-bond acceptors (Lipinski definition) is 1. The molecular weight excluding hydrogens is 472 g/mol. The molecule has 3 heteroatoms. The monoisotopic (exact) mass is 481 g/mol. The van der Waals surface area contributed by atoms with Gasteiger partial charge in [-0.1, -0.05) is 30.3 Å². The number of fused-ring (bicyclic) bond motifs is 6. The average molecular weight is 481 g/mol. The van der Waals surface area contributed by atoms with Crippen LogP contribution in [-0.2, 0) is 0 Å². The fourth-order valence-electron chi connectivity index (χ4n) is 2.76. The quantitative estimate of drug-likeness (QED) is 0.177. The summed E-state index contributed by atoms with van der Waals surface area (Å²) in [4.78, 5) is 4.78. The number of benzene rings is 3. The van der Waals surface area contributed by atoms with Crippen LogP contribution in [0.25, 0.3) is 32.4 Å². The lowest BCUT2D eigenvalue weighted by molar-refractivity contribution is 1.36. The molecule has 4 rings (SSSR count). The van der Waals surface area contributed by atoms with Crippen molar-refractivity contribution in [1.82, 2.24) is 4.98 Å². The van der Waals surface area contributed by atoms with Crippen LogP contribution in [0.3, 0.4) is 0 Å². The van der Waals surface area contributed by atoms with E-state index in [0.717, 1.165) is 9.22 Å². The molecular formula is C17H9I2N. The zero-order chi connectivity index (χ0) is 13.7. The van der Waals surface area contributed by atoms with Gasteiger partial charge in [0.05, 0.1) is 5.52 Å². The lowest BCUT2D eigenvalue weighted by Crippen LogP contribution is -1.88. The summed E-state index contributed by atoms with van der Waals surface area (Å²) >= 11 is 4.64. The summed E-state index contributed by atoms with van der Waals surface area (Å²) in [6.07, 6.45) is 0. The van der Waals surface area contributed by atoms with E-state index in [-0.39, 0.29) is 0 Å². The molecule has 1 aromatic heterocycles. The fraction of sp³-hybridized carbons (Fsp3) is 0. The first-order valence-electron chi connectivity index (χ1n) is 6.30. The van der Waals surface area contributed by atoms with Crippen molar-refractivity contribution in [1.29, 1.82) is 0 Å². The van der Waals surface area contributed by atoms with Gasteiger partial charge in [-0.2, -0.15) is 0 Å². The predicted octanol–water partition coefficient (Wildman–Crippen LogP) is 5.75. The Morgan fingerprint density at radius 1 is 0.650 bits per heavy atom. The molecule has 96 valence electrons. The minimum Gasteiger partial charge on any atom is -0.241 e. The lowest BCUT2D eigenvalue weighted by Gasteiger charge is -2.10. The number of pyridine rings is 1. The minimum atomic E-state index is 1.03. The molecule has 0 amide bonds. The van der Waals surface area contributed by atoms with Crippen molar-refractivity contribution in [2.45, 2.75) is 0 Å². The Kier molecular flexibility index (Phi) is 3.07. The van der Waals surface area contributed by atoms with Crippen molar-refractivity contribution < 1.29 is 0 Å². The van der Waals surface area contributed by atoms with E-state index in [9.17, 15) is 0 Å². The number of halogens is 2. The number of hydrogen-bond donors (Lipinski definition) is 0. The molecule has 1 nitrogen and oxygen atoms in total. The Morgan fingerprint density at radius 2 is 1.30 bits per heavy atom. The van der Waals surface area contributed by atoms with Gasteiger partial charge in [-0.25, -0.2) is 4.98 Å². The third-order valence-electron chi connectivity index (χ3n) is 3.61. The summed E-state index contributed by atoms with van der Waals surface area (Å²) in [6, 6.07) is 19.4. The Hall–Kier alpha value is -0.950. The number of rotatable bonds is 0. The number of nitrogens with zero attached hydrogens (tertiary/aromatic N) is 1. The molecule has 0 radical (unpaired) electrons. The van der Waals surface area contributed by atoms with Crippen molar-refractivity contribution in [2.75, 3.05) is 0 Å². The summed E-state index contributed by atoms with van der Waals surface area (Å²) in [6.45, 7) is 0. The maximum absolute atomic E-state index is 4.78. The Balaban J connectivity index is 2.41. The van der Waals surface area contributed by atoms with Gasteiger partial charge in [0.1, 0.15) is 3.70 Å². The fourth-order valence-corrected chi connectivity index (χ4v) is 3.67. The average Bonchev–Trinajstić information content (AvgIpc) is 2.47. The van der Waals surface area contributed by atoms with Crippen molar-refractivity contribution in [3.8, 4) is 0 Å². The standard InChI is InChI=1S/C17H9I2N/c18-10-5-6-13-11-3-1-2-4-12(11)14-7-8-16(19)20-17(14)15(13)9-10/h1-9H. The van der Waals surface area contributed by atoms with Crippen LogP contribution in [0.4, 0.5) is 0 Å². The van der Waals surface area contributed by atoms with E-state index >= 15 is 0 Å². The molecule has 1 heterocycles. The summed E-state index contributed by atoms with van der Waals surface area (Å²) in [5.41, 5.74) is 1.10. The van der Waals surface area contributed by atoms with Crippen LogP contribution < -0.4 is 0 Å². The topological polar surface area (TPSA) is 12.9 Å². The molecule has 0 bridgehead atoms. The second kappa shape index (κ2) is 4.80. The zero-order valence-electron chi connectivity index (χ0n) is 10.4. The van der Waals surface area contributed by atoms with E-state index in [1.807, 2.05) is 0 Å². The van der Waals surface area contributed by atoms with Crippen LogP contribution in [-0.4, -0.2) is 4.98 Å². The van der Waals surface area contributed by atoms with Crippen LogP contribution in [0, 0.1) is 7.27 Å². The summed E-state index contributed by atoms with van der Waals surface area (Å²) < 4.78 is 2.28. The van der Waals surface area contributed by atoms with Crippen LogP contribution in [0.2, 0.25) is 0 Å². The highest BCUT2D eigenvalue weighted by atomic mass is 127. The van der Waals surface area contributed by atoms with Gasteiger partial charge in [0.15, 0.2) is 0 Å². The van der Waals surface area contributed by atoms with Gasteiger partial charge in [-0.3, -0.25) is 0 Å². The Labute approximate surface area is 143 Å².